The number of hydrogen-bond donors (Lipinski definition) is 1. The van der Waals surface area contributed by atoms with Crippen LogP contribution in [0.5, 0.6) is 0 Å². The summed E-state index contributed by atoms with van der Waals surface area (Å²) in [6.07, 6.45) is 1.01. The van der Waals surface area contributed by atoms with Gasteiger partial charge in [0.2, 0.25) is 0 Å². The first-order valence-electron chi connectivity index (χ1n) is 6.37. The zero-order valence-corrected chi connectivity index (χ0v) is 11.2. The van der Waals surface area contributed by atoms with E-state index >= 15 is 0 Å². The second-order valence-corrected chi connectivity index (χ2v) is 4.71. The molecule has 1 rings (SSSR count). The molecule has 0 bridgehead atoms. The second kappa shape index (κ2) is 6.04. The van der Waals surface area contributed by atoms with Crippen LogP contribution in [0.2, 0.25) is 0 Å². The second-order valence-electron chi connectivity index (χ2n) is 4.71. The highest BCUT2D eigenvalue weighted by Crippen LogP contribution is 2.07. The summed E-state index contributed by atoms with van der Waals surface area (Å²) in [5.41, 5.74) is 2.49. The van der Waals surface area contributed by atoms with Gasteiger partial charge in [-0.1, -0.05) is 20.8 Å². The molecule has 92 valence electrons. The minimum atomic E-state index is 0.547. The third-order valence-corrected chi connectivity index (χ3v) is 3.18. The zero-order chi connectivity index (χ0) is 12.1. The quantitative estimate of drug-likeness (QED) is 0.803. The molecule has 0 aromatic carbocycles. The van der Waals surface area contributed by atoms with Crippen molar-refractivity contribution in [3.05, 3.63) is 17.5 Å². The Balaban J connectivity index is 2.62. The summed E-state index contributed by atoms with van der Waals surface area (Å²) < 4.78 is 2.10. The van der Waals surface area contributed by atoms with Crippen molar-refractivity contribution < 1.29 is 0 Å². The Labute approximate surface area is 99.2 Å². The minimum Gasteiger partial charge on any atom is -0.308 e. The van der Waals surface area contributed by atoms with E-state index in [1.807, 2.05) is 0 Å². The average molecular weight is 223 g/mol. The van der Waals surface area contributed by atoms with Crippen molar-refractivity contribution in [2.24, 2.45) is 5.92 Å². The predicted octanol–water partition coefficient (Wildman–Crippen LogP) is 2.60. The molecule has 1 atom stereocenters. The topological polar surface area (TPSA) is 29.9 Å². The van der Waals surface area contributed by atoms with Crippen LogP contribution >= 0.6 is 0 Å². The van der Waals surface area contributed by atoms with Crippen molar-refractivity contribution >= 4 is 0 Å². The van der Waals surface area contributed by atoms with Gasteiger partial charge in [-0.3, -0.25) is 4.68 Å². The van der Waals surface area contributed by atoms with Crippen LogP contribution in [-0.4, -0.2) is 15.8 Å². The summed E-state index contributed by atoms with van der Waals surface area (Å²) >= 11 is 0. The van der Waals surface area contributed by atoms with Crippen molar-refractivity contribution in [1.82, 2.24) is 15.1 Å². The van der Waals surface area contributed by atoms with Crippen molar-refractivity contribution in [2.45, 2.75) is 60.2 Å². The van der Waals surface area contributed by atoms with Crippen molar-refractivity contribution in [1.29, 1.82) is 0 Å². The van der Waals surface area contributed by atoms with E-state index in [-0.39, 0.29) is 0 Å². The zero-order valence-electron chi connectivity index (χ0n) is 11.2. The van der Waals surface area contributed by atoms with Crippen LogP contribution in [0.3, 0.4) is 0 Å². The number of nitrogens with one attached hydrogen (secondary N) is 1. The minimum absolute atomic E-state index is 0.547. The van der Waals surface area contributed by atoms with Gasteiger partial charge in [-0.05, 0) is 32.3 Å². The molecule has 0 amide bonds. The number of nitrogens with zero attached hydrogens (tertiary/aromatic N) is 2. The lowest BCUT2D eigenvalue weighted by atomic mass is 10.1. The first-order chi connectivity index (χ1) is 7.58. The van der Waals surface area contributed by atoms with Gasteiger partial charge in [0.05, 0.1) is 11.4 Å². The number of hydrogen-bond acceptors (Lipinski definition) is 2. The Morgan fingerprint density at radius 1 is 1.31 bits per heavy atom. The maximum Gasteiger partial charge on any atom is 0.0625 e. The van der Waals surface area contributed by atoms with Gasteiger partial charge in [0.25, 0.3) is 0 Å². The lowest BCUT2D eigenvalue weighted by Crippen LogP contribution is -2.31. The Morgan fingerprint density at radius 3 is 2.50 bits per heavy atom. The van der Waals surface area contributed by atoms with Crippen LogP contribution in [-0.2, 0) is 19.5 Å². The number of aryl methyl sites for hydroxylation is 2. The standard InChI is InChI=1S/C13H25N3/c1-6-12-8-13(16(7-2)15-12)9-14-11(5)10(3)4/h8,10-11,14H,6-7,9H2,1-5H3. The van der Waals surface area contributed by atoms with E-state index in [1.54, 1.807) is 0 Å². The Bertz CT molecular complexity index is 315. The van der Waals surface area contributed by atoms with Gasteiger partial charge < -0.3 is 5.32 Å². The molecule has 0 aliphatic carbocycles. The fraction of sp³-hybridized carbons (Fsp3) is 0.769. The lowest BCUT2D eigenvalue weighted by molar-refractivity contribution is 0.417. The van der Waals surface area contributed by atoms with Gasteiger partial charge in [0.15, 0.2) is 0 Å². The molecule has 3 nitrogen and oxygen atoms in total. The van der Waals surface area contributed by atoms with Crippen molar-refractivity contribution in [2.75, 3.05) is 0 Å². The summed E-state index contributed by atoms with van der Waals surface area (Å²) in [4.78, 5) is 0. The van der Waals surface area contributed by atoms with Gasteiger partial charge in [-0.2, -0.15) is 5.10 Å². The van der Waals surface area contributed by atoms with E-state index in [0.29, 0.717) is 12.0 Å². The molecular formula is C13H25N3. The molecule has 1 heterocycles. The van der Waals surface area contributed by atoms with E-state index in [0.717, 1.165) is 19.5 Å². The third kappa shape index (κ3) is 3.34. The molecular weight excluding hydrogens is 198 g/mol. The molecule has 0 aliphatic rings. The first-order valence-corrected chi connectivity index (χ1v) is 6.37. The number of aromatic nitrogens is 2. The van der Waals surface area contributed by atoms with E-state index in [9.17, 15) is 0 Å². The van der Waals surface area contributed by atoms with Crippen LogP contribution in [0.4, 0.5) is 0 Å². The molecule has 0 saturated carbocycles. The maximum absolute atomic E-state index is 4.55. The van der Waals surface area contributed by atoms with Crippen LogP contribution < -0.4 is 5.32 Å². The Morgan fingerprint density at radius 2 is 2.00 bits per heavy atom. The maximum atomic E-state index is 4.55. The van der Waals surface area contributed by atoms with Crippen LogP contribution in [0.25, 0.3) is 0 Å². The SMILES string of the molecule is CCc1cc(CNC(C)C(C)C)n(CC)n1. The molecule has 1 N–H and O–H groups in total. The fourth-order valence-electron chi connectivity index (χ4n) is 1.61. The van der Waals surface area contributed by atoms with Crippen LogP contribution in [0.1, 0.15) is 46.0 Å². The van der Waals surface area contributed by atoms with Gasteiger partial charge in [-0.15, -0.1) is 0 Å². The summed E-state index contributed by atoms with van der Waals surface area (Å²) in [6.45, 7) is 12.9. The molecule has 3 heteroatoms. The average Bonchev–Trinajstić information content (AvgIpc) is 2.68. The largest absolute Gasteiger partial charge is 0.308 e. The van der Waals surface area contributed by atoms with Gasteiger partial charge in [0, 0.05) is 19.1 Å². The summed E-state index contributed by atoms with van der Waals surface area (Å²) in [5.74, 6) is 0.670. The van der Waals surface area contributed by atoms with E-state index in [2.05, 4.69) is 55.8 Å². The van der Waals surface area contributed by atoms with Gasteiger partial charge in [0.1, 0.15) is 0 Å². The molecule has 16 heavy (non-hydrogen) atoms. The summed E-state index contributed by atoms with van der Waals surface area (Å²) in [7, 11) is 0. The molecule has 1 aromatic rings. The van der Waals surface area contributed by atoms with E-state index in [1.165, 1.54) is 11.4 Å². The first kappa shape index (κ1) is 13.2. The number of rotatable bonds is 6. The highest BCUT2D eigenvalue weighted by molar-refractivity contribution is 5.10. The molecule has 0 fully saturated rings. The molecule has 0 saturated heterocycles. The van der Waals surface area contributed by atoms with Crippen LogP contribution in [0.15, 0.2) is 6.07 Å². The molecule has 0 spiro atoms. The van der Waals surface area contributed by atoms with E-state index in [4.69, 9.17) is 0 Å². The third-order valence-electron chi connectivity index (χ3n) is 3.18. The van der Waals surface area contributed by atoms with Gasteiger partial charge >= 0.3 is 0 Å². The monoisotopic (exact) mass is 223 g/mol. The van der Waals surface area contributed by atoms with Crippen molar-refractivity contribution in [3.8, 4) is 0 Å². The summed E-state index contributed by atoms with van der Waals surface area (Å²) in [6, 6.07) is 2.76. The highest BCUT2D eigenvalue weighted by Gasteiger charge is 2.09. The Hall–Kier alpha value is -0.830. The smallest absolute Gasteiger partial charge is 0.0625 e. The van der Waals surface area contributed by atoms with Gasteiger partial charge in [-0.25, -0.2) is 0 Å². The molecule has 1 unspecified atom stereocenters. The van der Waals surface area contributed by atoms with Crippen LogP contribution in [0, 0.1) is 5.92 Å². The molecule has 0 radical (unpaired) electrons. The van der Waals surface area contributed by atoms with Crippen molar-refractivity contribution in [3.63, 3.8) is 0 Å². The highest BCUT2D eigenvalue weighted by atomic mass is 15.3. The predicted molar refractivity (Wildman–Crippen MR) is 68.4 cm³/mol. The molecule has 1 aromatic heterocycles. The normalized spacial score (nSPS) is 13.4. The fourth-order valence-corrected chi connectivity index (χ4v) is 1.61. The summed E-state index contributed by atoms with van der Waals surface area (Å²) in [5, 5.41) is 8.10. The molecule has 0 aliphatic heterocycles. The lowest BCUT2D eigenvalue weighted by Gasteiger charge is -2.17. The van der Waals surface area contributed by atoms with E-state index < -0.39 is 0 Å². The Kier molecular flexibility index (Phi) is 5.00.